The maximum absolute atomic E-state index is 12.0. The molecule has 0 aliphatic rings. The molecule has 0 spiro atoms. The molecule has 1 aromatic carbocycles. The lowest BCUT2D eigenvalue weighted by Gasteiger charge is -2.08. The van der Waals surface area contributed by atoms with E-state index in [1.54, 1.807) is 0 Å². The third-order valence-electron chi connectivity index (χ3n) is 2.44. The summed E-state index contributed by atoms with van der Waals surface area (Å²) < 4.78 is 36.2. The Morgan fingerprint density at radius 3 is 2.67 bits per heavy atom. The number of nitrogens with zero attached hydrogens (tertiary/aromatic N) is 1. The van der Waals surface area contributed by atoms with Crippen molar-refractivity contribution in [3.05, 3.63) is 28.3 Å². The van der Waals surface area contributed by atoms with Crippen molar-refractivity contribution < 1.29 is 22.8 Å². The number of ether oxygens (including phenoxy) is 2. The fraction of sp³-hybridized carbons (Fsp3) is 0.455. The Labute approximate surface area is 122 Å². The van der Waals surface area contributed by atoms with E-state index in [9.17, 15) is 18.5 Å². The second-order valence-electron chi connectivity index (χ2n) is 3.99. The minimum Gasteiger partial charge on any atom is -0.399 e. The number of anilines is 1. The average molecular weight is 319 g/mol. The number of sulfonamides is 1. The minimum absolute atomic E-state index is 0.0159. The summed E-state index contributed by atoms with van der Waals surface area (Å²) in [6.45, 7) is 0.834. The predicted octanol–water partition coefficient (Wildman–Crippen LogP) is 0.118. The second kappa shape index (κ2) is 7.88. The van der Waals surface area contributed by atoms with Crippen LogP contribution in [-0.4, -0.2) is 46.8 Å². The zero-order valence-electron chi connectivity index (χ0n) is 11.4. The summed E-state index contributed by atoms with van der Waals surface area (Å²) in [6.07, 6.45) is 0. The van der Waals surface area contributed by atoms with Crippen LogP contribution in [0.3, 0.4) is 0 Å². The van der Waals surface area contributed by atoms with E-state index in [4.69, 9.17) is 15.2 Å². The van der Waals surface area contributed by atoms with Crippen LogP contribution in [0.1, 0.15) is 0 Å². The summed E-state index contributed by atoms with van der Waals surface area (Å²) in [5.74, 6) is 0. The first-order valence-electron chi connectivity index (χ1n) is 5.98. The molecule has 0 unspecified atom stereocenters. The van der Waals surface area contributed by atoms with E-state index < -0.39 is 25.5 Å². The van der Waals surface area contributed by atoms with Crippen LogP contribution >= 0.6 is 0 Å². The molecule has 0 radical (unpaired) electrons. The predicted molar refractivity (Wildman–Crippen MR) is 75.4 cm³/mol. The van der Waals surface area contributed by atoms with Gasteiger partial charge in [-0.3, -0.25) is 10.1 Å². The summed E-state index contributed by atoms with van der Waals surface area (Å²) in [6, 6.07) is 3.37. The van der Waals surface area contributed by atoms with Crippen molar-refractivity contribution in [2.75, 3.05) is 39.2 Å². The smallest absolute Gasteiger partial charge is 0.289 e. The molecule has 0 atom stereocenters. The number of nitrogen functional groups attached to an aromatic ring is 1. The zero-order valence-corrected chi connectivity index (χ0v) is 12.3. The highest BCUT2D eigenvalue weighted by Gasteiger charge is 2.25. The summed E-state index contributed by atoms with van der Waals surface area (Å²) in [5, 5.41) is 10.9. The van der Waals surface area contributed by atoms with Gasteiger partial charge < -0.3 is 15.2 Å². The van der Waals surface area contributed by atoms with Crippen molar-refractivity contribution in [2.24, 2.45) is 0 Å². The monoisotopic (exact) mass is 319 g/mol. The first-order valence-corrected chi connectivity index (χ1v) is 7.47. The van der Waals surface area contributed by atoms with Gasteiger partial charge in [-0.25, -0.2) is 13.1 Å². The van der Waals surface area contributed by atoms with E-state index in [1.807, 2.05) is 0 Å². The molecular weight excluding hydrogens is 302 g/mol. The van der Waals surface area contributed by atoms with Crippen molar-refractivity contribution in [3.63, 3.8) is 0 Å². The summed E-state index contributed by atoms with van der Waals surface area (Å²) in [5.41, 5.74) is 5.07. The van der Waals surface area contributed by atoms with Crippen molar-refractivity contribution in [2.45, 2.75) is 4.90 Å². The number of nitro groups is 1. The highest BCUT2D eigenvalue weighted by atomic mass is 32.2. The largest absolute Gasteiger partial charge is 0.399 e. The third kappa shape index (κ3) is 5.27. The molecule has 0 bridgehead atoms. The number of benzene rings is 1. The molecule has 0 aromatic heterocycles. The lowest BCUT2D eigenvalue weighted by Crippen LogP contribution is -2.28. The van der Waals surface area contributed by atoms with Gasteiger partial charge in [-0.1, -0.05) is 0 Å². The van der Waals surface area contributed by atoms with Crippen LogP contribution in [0.15, 0.2) is 23.1 Å². The average Bonchev–Trinajstić information content (AvgIpc) is 2.42. The maximum Gasteiger partial charge on any atom is 0.289 e. The normalized spacial score (nSPS) is 11.5. The number of rotatable bonds is 9. The van der Waals surface area contributed by atoms with Crippen molar-refractivity contribution in [1.29, 1.82) is 0 Å². The van der Waals surface area contributed by atoms with Gasteiger partial charge in [-0.2, -0.15) is 0 Å². The van der Waals surface area contributed by atoms with Gasteiger partial charge in [0.15, 0.2) is 4.90 Å². The molecule has 0 aliphatic heterocycles. The van der Waals surface area contributed by atoms with E-state index in [0.29, 0.717) is 13.2 Å². The lowest BCUT2D eigenvalue weighted by molar-refractivity contribution is -0.387. The van der Waals surface area contributed by atoms with Gasteiger partial charge in [-0.05, 0) is 12.1 Å². The van der Waals surface area contributed by atoms with Crippen LogP contribution in [0.4, 0.5) is 11.4 Å². The van der Waals surface area contributed by atoms with E-state index >= 15 is 0 Å². The molecule has 3 N–H and O–H groups in total. The topological polar surface area (TPSA) is 134 Å². The van der Waals surface area contributed by atoms with Crippen LogP contribution in [0, 0.1) is 10.1 Å². The minimum atomic E-state index is -4.03. The fourth-order valence-corrected chi connectivity index (χ4v) is 2.68. The Hall–Kier alpha value is -1.75. The van der Waals surface area contributed by atoms with Gasteiger partial charge in [0.25, 0.3) is 5.69 Å². The quantitative estimate of drug-likeness (QED) is 0.286. The molecular formula is C11H17N3O6S. The molecule has 1 rings (SSSR count). The van der Waals surface area contributed by atoms with Gasteiger partial charge in [0.2, 0.25) is 10.0 Å². The Kier molecular flexibility index (Phi) is 6.49. The van der Waals surface area contributed by atoms with E-state index in [0.717, 1.165) is 12.1 Å². The number of hydrogen-bond acceptors (Lipinski definition) is 7. The van der Waals surface area contributed by atoms with E-state index in [1.165, 1.54) is 13.2 Å². The number of methoxy groups -OCH3 is 1. The molecule has 10 heteroatoms. The molecule has 1 aromatic rings. The molecule has 21 heavy (non-hydrogen) atoms. The molecule has 0 saturated carbocycles. The standard InChI is InChI=1S/C11H17N3O6S/c1-19-6-7-20-5-4-13-21(17,18)11-8-9(12)2-3-10(11)14(15)16/h2-3,8,13H,4-7,12H2,1H3. The van der Waals surface area contributed by atoms with Gasteiger partial charge in [0.05, 0.1) is 24.7 Å². The number of nitrogens with two attached hydrogens (primary N) is 1. The van der Waals surface area contributed by atoms with Crippen LogP contribution in [-0.2, 0) is 19.5 Å². The maximum atomic E-state index is 12.0. The fourth-order valence-electron chi connectivity index (χ4n) is 1.47. The van der Waals surface area contributed by atoms with Crippen molar-refractivity contribution in [3.8, 4) is 0 Å². The van der Waals surface area contributed by atoms with Crippen LogP contribution in [0.2, 0.25) is 0 Å². The Balaban J connectivity index is 2.74. The summed E-state index contributed by atoms with van der Waals surface area (Å²) >= 11 is 0. The van der Waals surface area contributed by atoms with Gasteiger partial charge in [0.1, 0.15) is 0 Å². The number of nitro benzene ring substituents is 1. The zero-order chi connectivity index (χ0) is 15.9. The number of nitrogens with one attached hydrogen (secondary N) is 1. The molecule has 0 fully saturated rings. The van der Waals surface area contributed by atoms with Crippen molar-refractivity contribution >= 4 is 21.4 Å². The molecule has 118 valence electrons. The third-order valence-corrected chi connectivity index (χ3v) is 3.93. The Morgan fingerprint density at radius 2 is 2.05 bits per heavy atom. The molecule has 0 aliphatic carbocycles. The van der Waals surface area contributed by atoms with E-state index in [-0.39, 0.29) is 18.8 Å². The molecule has 9 nitrogen and oxygen atoms in total. The SMILES string of the molecule is COCCOCCNS(=O)(=O)c1cc(N)ccc1[N+](=O)[O-]. The summed E-state index contributed by atoms with van der Waals surface area (Å²) in [4.78, 5) is 9.62. The molecule has 0 saturated heterocycles. The Morgan fingerprint density at radius 1 is 1.33 bits per heavy atom. The number of hydrogen-bond donors (Lipinski definition) is 2. The van der Waals surface area contributed by atoms with Gasteiger partial charge >= 0.3 is 0 Å². The van der Waals surface area contributed by atoms with Gasteiger partial charge in [0, 0.05) is 25.4 Å². The molecule has 0 heterocycles. The van der Waals surface area contributed by atoms with Crippen LogP contribution < -0.4 is 10.5 Å². The van der Waals surface area contributed by atoms with Crippen molar-refractivity contribution in [1.82, 2.24) is 4.72 Å². The van der Waals surface area contributed by atoms with E-state index in [2.05, 4.69) is 4.72 Å². The summed E-state index contributed by atoms with van der Waals surface area (Å²) in [7, 11) is -2.52. The molecule has 0 amide bonds. The van der Waals surface area contributed by atoms with Crippen LogP contribution in [0.25, 0.3) is 0 Å². The first-order chi connectivity index (χ1) is 9.88. The van der Waals surface area contributed by atoms with Gasteiger partial charge in [-0.15, -0.1) is 0 Å². The second-order valence-corrected chi connectivity index (χ2v) is 5.72. The first kappa shape index (κ1) is 17.3. The highest BCUT2D eigenvalue weighted by molar-refractivity contribution is 7.89. The highest BCUT2D eigenvalue weighted by Crippen LogP contribution is 2.25. The lowest BCUT2D eigenvalue weighted by atomic mass is 10.3. The van der Waals surface area contributed by atoms with Crippen LogP contribution in [0.5, 0.6) is 0 Å². The Bertz CT molecular complexity index is 590.